The topological polar surface area (TPSA) is 15.3 Å². The van der Waals surface area contributed by atoms with Crippen LogP contribution in [0.5, 0.6) is 0 Å². The Kier molecular flexibility index (Phi) is 6.46. The van der Waals surface area contributed by atoms with E-state index < -0.39 is 0 Å². The van der Waals surface area contributed by atoms with E-state index in [1.54, 1.807) is 0 Å². The van der Waals surface area contributed by atoms with E-state index in [2.05, 4.69) is 58.8 Å². The van der Waals surface area contributed by atoms with Gasteiger partial charge in [0.15, 0.2) is 0 Å². The number of rotatable bonds is 6. The summed E-state index contributed by atoms with van der Waals surface area (Å²) in [7, 11) is 2.22. The molecule has 92 valence electrons. The first-order valence-electron chi connectivity index (χ1n) is 6.12. The zero-order chi connectivity index (χ0) is 12.1. The standard InChI is InChI=1S/C13H30N2/c1-11(2)14-8-12(3)9-15(7)10-13(4,5)6/h11-12,14H,8-10H2,1-7H3. The summed E-state index contributed by atoms with van der Waals surface area (Å²) in [6, 6.07) is 0.598. The van der Waals surface area contributed by atoms with Crippen molar-refractivity contribution in [2.75, 3.05) is 26.7 Å². The Labute approximate surface area is 96.4 Å². The molecule has 0 saturated heterocycles. The normalized spacial score (nSPS) is 15.0. The third-order valence-corrected chi connectivity index (χ3v) is 2.24. The Hall–Kier alpha value is -0.0800. The highest BCUT2D eigenvalue weighted by Crippen LogP contribution is 2.14. The first-order valence-corrected chi connectivity index (χ1v) is 6.12. The Balaban J connectivity index is 3.71. The molecule has 0 amide bonds. The first-order chi connectivity index (χ1) is 6.70. The minimum atomic E-state index is 0.403. The fraction of sp³-hybridized carbons (Fsp3) is 1.00. The van der Waals surface area contributed by atoms with Gasteiger partial charge in [-0.15, -0.1) is 0 Å². The molecule has 1 atom stereocenters. The summed E-state index contributed by atoms with van der Waals surface area (Å²) in [6.07, 6.45) is 0. The van der Waals surface area contributed by atoms with Crippen LogP contribution in [0.2, 0.25) is 0 Å². The molecule has 15 heavy (non-hydrogen) atoms. The van der Waals surface area contributed by atoms with Gasteiger partial charge in [-0.2, -0.15) is 0 Å². The van der Waals surface area contributed by atoms with Crippen molar-refractivity contribution in [1.82, 2.24) is 10.2 Å². The van der Waals surface area contributed by atoms with E-state index in [1.807, 2.05) is 0 Å². The third-order valence-electron chi connectivity index (χ3n) is 2.24. The molecular weight excluding hydrogens is 184 g/mol. The zero-order valence-corrected chi connectivity index (χ0v) is 11.7. The van der Waals surface area contributed by atoms with Crippen molar-refractivity contribution in [2.24, 2.45) is 11.3 Å². The van der Waals surface area contributed by atoms with Crippen LogP contribution < -0.4 is 5.32 Å². The van der Waals surface area contributed by atoms with E-state index in [4.69, 9.17) is 0 Å². The van der Waals surface area contributed by atoms with Gasteiger partial charge in [0, 0.05) is 19.1 Å². The maximum atomic E-state index is 3.49. The van der Waals surface area contributed by atoms with Gasteiger partial charge in [-0.05, 0) is 24.9 Å². The van der Waals surface area contributed by atoms with Gasteiger partial charge in [0.05, 0.1) is 0 Å². The van der Waals surface area contributed by atoms with E-state index in [0.717, 1.165) is 12.5 Å². The van der Waals surface area contributed by atoms with Crippen molar-refractivity contribution >= 4 is 0 Å². The second-order valence-electron chi connectivity index (χ2n) is 6.43. The highest BCUT2D eigenvalue weighted by atomic mass is 15.1. The molecule has 1 unspecified atom stereocenters. The quantitative estimate of drug-likeness (QED) is 0.731. The summed E-state index contributed by atoms with van der Waals surface area (Å²) in [5, 5.41) is 3.49. The third kappa shape index (κ3) is 10.2. The molecule has 0 bridgehead atoms. The predicted octanol–water partition coefficient (Wildman–Crippen LogP) is 2.60. The predicted molar refractivity (Wildman–Crippen MR) is 69.3 cm³/mol. The van der Waals surface area contributed by atoms with E-state index in [0.29, 0.717) is 11.5 Å². The maximum absolute atomic E-state index is 3.49. The molecular formula is C13H30N2. The summed E-state index contributed by atoms with van der Waals surface area (Å²) in [5.74, 6) is 0.722. The molecule has 0 aromatic rings. The van der Waals surface area contributed by atoms with E-state index >= 15 is 0 Å². The molecule has 0 aliphatic carbocycles. The second-order valence-corrected chi connectivity index (χ2v) is 6.43. The van der Waals surface area contributed by atoms with Crippen molar-refractivity contribution in [3.63, 3.8) is 0 Å². The van der Waals surface area contributed by atoms with Crippen LogP contribution in [0.15, 0.2) is 0 Å². The molecule has 0 radical (unpaired) electrons. The Bertz CT molecular complexity index is 158. The van der Waals surface area contributed by atoms with Gasteiger partial charge >= 0.3 is 0 Å². The van der Waals surface area contributed by atoms with Crippen LogP contribution >= 0.6 is 0 Å². The first kappa shape index (κ1) is 14.9. The molecule has 0 heterocycles. The molecule has 0 saturated carbocycles. The number of hydrogen-bond acceptors (Lipinski definition) is 2. The Morgan fingerprint density at radius 1 is 1.13 bits per heavy atom. The molecule has 1 N–H and O–H groups in total. The summed E-state index contributed by atoms with van der Waals surface area (Å²) in [6.45, 7) is 17.1. The summed E-state index contributed by atoms with van der Waals surface area (Å²) in [4.78, 5) is 2.44. The van der Waals surface area contributed by atoms with Gasteiger partial charge in [0.2, 0.25) is 0 Å². The van der Waals surface area contributed by atoms with Gasteiger partial charge in [-0.1, -0.05) is 41.5 Å². The lowest BCUT2D eigenvalue weighted by molar-refractivity contribution is 0.201. The van der Waals surface area contributed by atoms with Gasteiger partial charge < -0.3 is 10.2 Å². The van der Waals surface area contributed by atoms with Crippen LogP contribution in [0.1, 0.15) is 41.5 Å². The summed E-state index contributed by atoms with van der Waals surface area (Å²) in [5.41, 5.74) is 0.403. The molecule has 0 aliphatic rings. The van der Waals surface area contributed by atoms with Crippen molar-refractivity contribution in [3.05, 3.63) is 0 Å². The number of hydrogen-bond donors (Lipinski definition) is 1. The molecule has 0 rings (SSSR count). The minimum Gasteiger partial charge on any atom is -0.314 e. The SMILES string of the molecule is CC(CNC(C)C)CN(C)CC(C)(C)C. The summed E-state index contributed by atoms with van der Waals surface area (Å²) >= 11 is 0. The fourth-order valence-corrected chi connectivity index (χ4v) is 1.91. The molecule has 0 aromatic carbocycles. The highest BCUT2D eigenvalue weighted by molar-refractivity contribution is 4.69. The van der Waals surface area contributed by atoms with Crippen LogP contribution in [0, 0.1) is 11.3 Å². The van der Waals surface area contributed by atoms with Crippen molar-refractivity contribution in [3.8, 4) is 0 Å². The smallest absolute Gasteiger partial charge is 0.00271 e. The molecule has 0 spiro atoms. The van der Waals surface area contributed by atoms with Crippen molar-refractivity contribution in [2.45, 2.75) is 47.6 Å². The van der Waals surface area contributed by atoms with E-state index in [-0.39, 0.29) is 0 Å². The molecule has 2 nitrogen and oxygen atoms in total. The second kappa shape index (κ2) is 6.49. The number of nitrogens with one attached hydrogen (secondary N) is 1. The van der Waals surface area contributed by atoms with Crippen LogP contribution in [0.25, 0.3) is 0 Å². The molecule has 0 aliphatic heterocycles. The Morgan fingerprint density at radius 2 is 1.67 bits per heavy atom. The van der Waals surface area contributed by atoms with E-state index in [1.165, 1.54) is 13.1 Å². The molecule has 0 aromatic heterocycles. The average molecular weight is 214 g/mol. The zero-order valence-electron chi connectivity index (χ0n) is 11.7. The number of nitrogens with zero attached hydrogens (tertiary/aromatic N) is 1. The van der Waals surface area contributed by atoms with Gasteiger partial charge in [-0.3, -0.25) is 0 Å². The average Bonchev–Trinajstić information content (AvgIpc) is 1.96. The lowest BCUT2D eigenvalue weighted by atomic mass is 9.96. The largest absolute Gasteiger partial charge is 0.314 e. The lowest BCUT2D eigenvalue weighted by Crippen LogP contribution is -2.37. The van der Waals surface area contributed by atoms with Gasteiger partial charge in [0.1, 0.15) is 0 Å². The Morgan fingerprint density at radius 3 is 2.07 bits per heavy atom. The van der Waals surface area contributed by atoms with Gasteiger partial charge in [-0.25, -0.2) is 0 Å². The maximum Gasteiger partial charge on any atom is 0.00271 e. The molecule has 2 heteroatoms. The fourth-order valence-electron chi connectivity index (χ4n) is 1.91. The van der Waals surface area contributed by atoms with Gasteiger partial charge in [0.25, 0.3) is 0 Å². The van der Waals surface area contributed by atoms with Crippen LogP contribution in [-0.4, -0.2) is 37.6 Å². The van der Waals surface area contributed by atoms with Crippen molar-refractivity contribution in [1.29, 1.82) is 0 Å². The molecule has 0 fully saturated rings. The lowest BCUT2D eigenvalue weighted by Gasteiger charge is -2.29. The van der Waals surface area contributed by atoms with Crippen LogP contribution in [-0.2, 0) is 0 Å². The monoisotopic (exact) mass is 214 g/mol. The van der Waals surface area contributed by atoms with E-state index in [9.17, 15) is 0 Å². The van der Waals surface area contributed by atoms with Crippen LogP contribution in [0.4, 0.5) is 0 Å². The minimum absolute atomic E-state index is 0.403. The van der Waals surface area contributed by atoms with Crippen molar-refractivity contribution < 1.29 is 0 Å². The van der Waals surface area contributed by atoms with Crippen LogP contribution in [0.3, 0.4) is 0 Å². The highest BCUT2D eigenvalue weighted by Gasteiger charge is 2.15. The summed E-state index contributed by atoms with van der Waals surface area (Å²) < 4.78 is 0.